The molecule has 0 spiro atoms. The van der Waals surface area contributed by atoms with E-state index in [0.29, 0.717) is 24.8 Å². The highest BCUT2D eigenvalue weighted by molar-refractivity contribution is 6.33. The van der Waals surface area contributed by atoms with Crippen LogP contribution in [0, 0.1) is 0 Å². The zero-order chi connectivity index (χ0) is 15.7. The quantitative estimate of drug-likeness (QED) is 0.827. The zero-order valence-corrected chi connectivity index (χ0v) is 13.3. The molecular weight excluding hydrogens is 306 g/mol. The summed E-state index contributed by atoms with van der Waals surface area (Å²) >= 11 is 6.04. The Labute approximate surface area is 133 Å². The normalized spacial score (nSPS) is 20.7. The van der Waals surface area contributed by atoms with Gasteiger partial charge in [-0.2, -0.15) is 5.10 Å². The van der Waals surface area contributed by atoms with Crippen molar-refractivity contribution < 1.29 is 4.79 Å². The second-order valence-corrected chi connectivity index (χ2v) is 6.26. The lowest BCUT2D eigenvalue weighted by molar-refractivity contribution is -0.126. The van der Waals surface area contributed by atoms with Crippen molar-refractivity contribution in [2.24, 2.45) is 0 Å². The number of hydrogen-bond donors (Lipinski definition) is 2. The maximum absolute atomic E-state index is 12.1. The number of carbonyl (C=O) groups is 1. The monoisotopic (exact) mass is 325 g/mol. The predicted molar refractivity (Wildman–Crippen MR) is 84.3 cm³/mol. The number of rotatable bonds is 4. The lowest BCUT2D eigenvalue weighted by atomic mass is 10.2. The SMILES string of the molecule is CC(C(=O)NC1CC1)N1CCN(c2cn[nH]c(=O)c2Cl)CC1. The lowest BCUT2D eigenvalue weighted by Gasteiger charge is -2.38. The number of aromatic nitrogens is 2. The molecule has 120 valence electrons. The fourth-order valence-corrected chi connectivity index (χ4v) is 2.87. The Balaban J connectivity index is 1.58. The van der Waals surface area contributed by atoms with E-state index in [2.05, 4.69) is 20.4 Å². The molecule has 1 unspecified atom stereocenters. The average Bonchev–Trinajstić information content (AvgIpc) is 3.33. The Kier molecular flexibility index (Phi) is 4.35. The van der Waals surface area contributed by atoms with Crippen molar-refractivity contribution in [2.75, 3.05) is 31.1 Å². The third kappa shape index (κ3) is 3.25. The van der Waals surface area contributed by atoms with Crippen LogP contribution in [0.4, 0.5) is 5.69 Å². The molecule has 1 saturated carbocycles. The summed E-state index contributed by atoms with van der Waals surface area (Å²) in [5.41, 5.74) is 0.277. The molecule has 22 heavy (non-hydrogen) atoms. The highest BCUT2D eigenvalue weighted by Crippen LogP contribution is 2.23. The number of nitrogens with one attached hydrogen (secondary N) is 2. The lowest BCUT2D eigenvalue weighted by Crippen LogP contribution is -2.54. The number of piperazine rings is 1. The van der Waals surface area contributed by atoms with Crippen LogP contribution in [0.1, 0.15) is 19.8 Å². The standard InChI is InChI=1S/C14H20ClN5O2/c1-9(13(21)17-10-2-3-10)19-4-6-20(7-5-19)11-8-16-18-14(22)12(11)15/h8-10H,2-7H2,1H3,(H,17,21)(H,18,22). The van der Waals surface area contributed by atoms with Crippen molar-refractivity contribution in [3.8, 4) is 0 Å². The second-order valence-electron chi connectivity index (χ2n) is 5.88. The van der Waals surface area contributed by atoms with E-state index in [-0.39, 0.29) is 22.5 Å². The number of hydrogen-bond acceptors (Lipinski definition) is 5. The van der Waals surface area contributed by atoms with Gasteiger partial charge in [-0.05, 0) is 19.8 Å². The average molecular weight is 326 g/mol. The summed E-state index contributed by atoms with van der Waals surface area (Å²) in [6.45, 7) is 4.87. The molecule has 1 aliphatic carbocycles. The molecule has 1 saturated heterocycles. The van der Waals surface area contributed by atoms with E-state index in [9.17, 15) is 9.59 Å². The molecule has 1 aromatic heterocycles. The molecule has 2 fully saturated rings. The molecule has 1 amide bonds. The van der Waals surface area contributed by atoms with Gasteiger partial charge in [0.25, 0.3) is 5.56 Å². The summed E-state index contributed by atoms with van der Waals surface area (Å²) < 4.78 is 0. The third-order valence-corrected chi connectivity index (χ3v) is 4.65. The number of halogens is 1. The first-order chi connectivity index (χ1) is 10.6. The fraction of sp³-hybridized carbons (Fsp3) is 0.643. The molecule has 1 aliphatic heterocycles. The fourth-order valence-electron chi connectivity index (χ4n) is 2.66. The van der Waals surface area contributed by atoms with Crippen LogP contribution in [0.3, 0.4) is 0 Å². The van der Waals surface area contributed by atoms with Gasteiger partial charge in [-0.15, -0.1) is 0 Å². The molecule has 0 radical (unpaired) electrons. The van der Waals surface area contributed by atoms with E-state index < -0.39 is 0 Å². The molecule has 0 bridgehead atoms. The van der Waals surface area contributed by atoms with Crippen LogP contribution in [0.2, 0.25) is 5.02 Å². The zero-order valence-electron chi connectivity index (χ0n) is 12.5. The molecule has 7 nitrogen and oxygen atoms in total. The number of aromatic amines is 1. The minimum atomic E-state index is -0.376. The van der Waals surface area contributed by atoms with Crippen LogP contribution in [0.5, 0.6) is 0 Å². The summed E-state index contributed by atoms with van der Waals surface area (Å²) in [6, 6.07) is 0.257. The summed E-state index contributed by atoms with van der Waals surface area (Å²) in [6.07, 6.45) is 3.77. The maximum atomic E-state index is 12.1. The Morgan fingerprint density at radius 1 is 1.41 bits per heavy atom. The second kappa shape index (κ2) is 6.26. The van der Waals surface area contributed by atoms with Gasteiger partial charge in [0.05, 0.1) is 17.9 Å². The first-order valence-corrected chi connectivity index (χ1v) is 7.96. The minimum Gasteiger partial charge on any atom is -0.366 e. The van der Waals surface area contributed by atoms with Crippen molar-refractivity contribution in [3.63, 3.8) is 0 Å². The van der Waals surface area contributed by atoms with E-state index in [4.69, 9.17) is 11.6 Å². The number of amides is 1. The summed E-state index contributed by atoms with van der Waals surface area (Å²) in [5, 5.41) is 9.33. The van der Waals surface area contributed by atoms with Crippen LogP contribution in [-0.2, 0) is 4.79 Å². The number of nitrogens with zero attached hydrogens (tertiary/aromatic N) is 3. The van der Waals surface area contributed by atoms with Crippen molar-refractivity contribution in [2.45, 2.75) is 31.8 Å². The van der Waals surface area contributed by atoms with Crippen LogP contribution in [-0.4, -0.2) is 59.3 Å². The molecule has 0 aromatic carbocycles. The van der Waals surface area contributed by atoms with Crippen molar-refractivity contribution >= 4 is 23.2 Å². The Hall–Kier alpha value is -1.60. The Morgan fingerprint density at radius 2 is 2.09 bits per heavy atom. The van der Waals surface area contributed by atoms with Crippen LogP contribution < -0.4 is 15.8 Å². The van der Waals surface area contributed by atoms with Gasteiger partial charge >= 0.3 is 0 Å². The molecule has 2 aliphatic rings. The predicted octanol–water partition coefficient (Wildman–Crippen LogP) is 0.212. The Morgan fingerprint density at radius 3 is 2.73 bits per heavy atom. The van der Waals surface area contributed by atoms with E-state index in [1.54, 1.807) is 6.20 Å². The van der Waals surface area contributed by atoms with Crippen molar-refractivity contribution in [1.29, 1.82) is 0 Å². The largest absolute Gasteiger partial charge is 0.366 e. The Bertz CT molecular complexity index is 607. The smallest absolute Gasteiger partial charge is 0.285 e. The van der Waals surface area contributed by atoms with Gasteiger partial charge in [-0.25, -0.2) is 5.10 Å². The topological polar surface area (TPSA) is 81.3 Å². The maximum Gasteiger partial charge on any atom is 0.285 e. The van der Waals surface area contributed by atoms with Crippen LogP contribution in [0.15, 0.2) is 11.0 Å². The van der Waals surface area contributed by atoms with E-state index in [1.165, 1.54) is 0 Å². The summed E-state index contributed by atoms with van der Waals surface area (Å²) in [5.74, 6) is 0.104. The molecule has 1 aromatic rings. The first kappa shape index (κ1) is 15.3. The molecule has 2 N–H and O–H groups in total. The first-order valence-electron chi connectivity index (χ1n) is 7.59. The molecule has 8 heteroatoms. The van der Waals surface area contributed by atoms with Gasteiger partial charge < -0.3 is 10.2 Å². The highest BCUT2D eigenvalue weighted by atomic mass is 35.5. The molecule has 3 rings (SSSR count). The minimum absolute atomic E-state index is 0.104. The van der Waals surface area contributed by atoms with Gasteiger partial charge in [-0.1, -0.05) is 11.6 Å². The summed E-state index contributed by atoms with van der Waals surface area (Å²) in [7, 11) is 0. The number of H-pyrrole nitrogens is 1. The van der Waals surface area contributed by atoms with Gasteiger partial charge in [0, 0.05) is 32.2 Å². The van der Waals surface area contributed by atoms with Crippen LogP contribution in [0.25, 0.3) is 0 Å². The molecule has 2 heterocycles. The van der Waals surface area contributed by atoms with Gasteiger partial charge in [0.2, 0.25) is 5.91 Å². The molecular formula is C14H20ClN5O2. The summed E-state index contributed by atoms with van der Waals surface area (Å²) in [4.78, 5) is 27.8. The van der Waals surface area contributed by atoms with E-state index in [0.717, 1.165) is 25.9 Å². The number of carbonyl (C=O) groups excluding carboxylic acids is 1. The third-order valence-electron chi connectivity index (χ3n) is 4.28. The van der Waals surface area contributed by atoms with E-state index in [1.807, 2.05) is 11.8 Å². The van der Waals surface area contributed by atoms with Crippen LogP contribution >= 0.6 is 11.6 Å². The number of anilines is 1. The van der Waals surface area contributed by atoms with Gasteiger partial charge in [0.15, 0.2) is 0 Å². The van der Waals surface area contributed by atoms with Crippen molar-refractivity contribution in [3.05, 3.63) is 21.6 Å². The van der Waals surface area contributed by atoms with Crippen molar-refractivity contribution in [1.82, 2.24) is 20.4 Å². The molecule has 1 atom stereocenters. The van der Waals surface area contributed by atoms with Gasteiger partial charge in [0.1, 0.15) is 5.02 Å². The van der Waals surface area contributed by atoms with Gasteiger partial charge in [-0.3, -0.25) is 14.5 Å². The highest BCUT2D eigenvalue weighted by Gasteiger charge is 2.30. The van der Waals surface area contributed by atoms with E-state index >= 15 is 0 Å².